The van der Waals surface area contributed by atoms with Crippen LogP contribution in [0.3, 0.4) is 0 Å². The standard InChI is InChI=1S/C22H31FN6OS/c1-3-24-22(25-10-8-20-27-16-17(2)31-20)26-11-9-21(30)29-14-12-28(13-15-29)19-6-4-18(23)5-7-19/h4-7,16H,3,8-15H2,1-2H3,(H2,24,25,26). The lowest BCUT2D eigenvalue weighted by atomic mass is 10.2. The van der Waals surface area contributed by atoms with Crippen LogP contribution in [0.25, 0.3) is 0 Å². The SMILES string of the molecule is CCNC(=NCCc1ncc(C)s1)NCCC(=O)N1CCN(c2ccc(F)cc2)CC1. The van der Waals surface area contributed by atoms with Gasteiger partial charge in [-0.3, -0.25) is 9.79 Å². The van der Waals surface area contributed by atoms with Gasteiger partial charge < -0.3 is 20.4 Å². The molecule has 2 heterocycles. The highest BCUT2D eigenvalue weighted by Gasteiger charge is 2.21. The summed E-state index contributed by atoms with van der Waals surface area (Å²) in [6.07, 6.45) is 3.12. The van der Waals surface area contributed by atoms with E-state index in [0.717, 1.165) is 42.7 Å². The summed E-state index contributed by atoms with van der Waals surface area (Å²) in [6.45, 7) is 8.90. The number of benzene rings is 1. The largest absolute Gasteiger partial charge is 0.368 e. The molecular weight excluding hydrogens is 415 g/mol. The zero-order chi connectivity index (χ0) is 22.1. The molecule has 0 atom stereocenters. The highest BCUT2D eigenvalue weighted by molar-refractivity contribution is 7.11. The zero-order valence-corrected chi connectivity index (χ0v) is 19.1. The fourth-order valence-electron chi connectivity index (χ4n) is 3.43. The maximum atomic E-state index is 13.1. The Labute approximate surface area is 187 Å². The Morgan fingerprint density at radius 3 is 2.58 bits per heavy atom. The van der Waals surface area contributed by atoms with Crippen molar-refractivity contribution < 1.29 is 9.18 Å². The number of thiazole rings is 1. The van der Waals surface area contributed by atoms with Crippen LogP contribution in [0.2, 0.25) is 0 Å². The van der Waals surface area contributed by atoms with E-state index in [1.807, 2.05) is 18.0 Å². The van der Waals surface area contributed by atoms with Crippen molar-refractivity contribution in [1.29, 1.82) is 0 Å². The first-order valence-corrected chi connectivity index (χ1v) is 11.6. The summed E-state index contributed by atoms with van der Waals surface area (Å²) in [5.74, 6) is 0.633. The Morgan fingerprint density at radius 2 is 1.94 bits per heavy atom. The first kappa shape index (κ1) is 23.0. The van der Waals surface area contributed by atoms with Gasteiger partial charge in [0.1, 0.15) is 5.82 Å². The summed E-state index contributed by atoms with van der Waals surface area (Å²) in [6, 6.07) is 6.52. The minimum absolute atomic E-state index is 0.139. The third-order valence-corrected chi connectivity index (χ3v) is 6.04. The van der Waals surface area contributed by atoms with Crippen LogP contribution in [-0.2, 0) is 11.2 Å². The molecule has 3 rings (SSSR count). The number of aliphatic imine (C=N–C) groups is 1. The molecule has 1 aliphatic heterocycles. The Morgan fingerprint density at radius 1 is 1.19 bits per heavy atom. The summed E-state index contributed by atoms with van der Waals surface area (Å²) in [7, 11) is 0. The van der Waals surface area contributed by atoms with Gasteiger partial charge in [-0.15, -0.1) is 11.3 Å². The molecule has 0 aliphatic carbocycles. The number of halogens is 1. The smallest absolute Gasteiger partial charge is 0.224 e. The number of nitrogens with zero attached hydrogens (tertiary/aromatic N) is 4. The van der Waals surface area contributed by atoms with Crippen LogP contribution in [0.5, 0.6) is 0 Å². The number of nitrogens with one attached hydrogen (secondary N) is 2. The lowest BCUT2D eigenvalue weighted by molar-refractivity contribution is -0.131. The molecule has 9 heteroatoms. The van der Waals surface area contributed by atoms with Gasteiger partial charge in [-0.1, -0.05) is 0 Å². The van der Waals surface area contributed by atoms with E-state index in [4.69, 9.17) is 0 Å². The Hall–Kier alpha value is -2.68. The van der Waals surface area contributed by atoms with Crippen molar-refractivity contribution in [1.82, 2.24) is 20.5 Å². The zero-order valence-electron chi connectivity index (χ0n) is 18.2. The number of guanidine groups is 1. The van der Waals surface area contributed by atoms with E-state index >= 15 is 0 Å². The minimum Gasteiger partial charge on any atom is -0.368 e. The fraction of sp³-hybridized carbons (Fsp3) is 0.500. The van der Waals surface area contributed by atoms with Crippen LogP contribution in [-0.4, -0.2) is 67.6 Å². The van der Waals surface area contributed by atoms with Crippen LogP contribution >= 0.6 is 11.3 Å². The molecule has 2 aromatic rings. The number of anilines is 1. The highest BCUT2D eigenvalue weighted by Crippen LogP contribution is 2.17. The maximum Gasteiger partial charge on any atom is 0.224 e. The predicted octanol–water partition coefficient (Wildman–Crippen LogP) is 2.43. The molecule has 1 aromatic carbocycles. The summed E-state index contributed by atoms with van der Waals surface area (Å²) in [5, 5.41) is 7.56. The van der Waals surface area contributed by atoms with Gasteiger partial charge in [0.15, 0.2) is 5.96 Å². The second kappa shape index (κ2) is 11.6. The topological polar surface area (TPSA) is 72.9 Å². The fourth-order valence-corrected chi connectivity index (χ4v) is 4.21. The van der Waals surface area contributed by atoms with Crippen LogP contribution in [0.4, 0.5) is 10.1 Å². The predicted molar refractivity (Wildman–Crippen MR) is 124 cm³/mol. The number of carbonyl (C=O) groups is 1. The van der Waals surface area contributed by atoms with Gasteiger partial charge in [-0.05, 0) is 38.1 Å². The van der Waals surface area contributed by atoms with Crippen molar-refractivity contribution in [3.8, 4) is 0 Å². The molecule has 1 fully saturated rings. The lowest BCUT2D eigenvalue weighted by Gasteiger charge is -2.36. The van der Waals surface area contributed by atoms with Crippen molar-refractivity contribution in [2.75, 3.05) is 50.7 Å². The molecule has 2 N–H and O–H groups in total. The molecule has 0 unspecified atom stereocenters. The number of aryl methyl sites for hydroxylation is 1. The first-order valence-electron chi connectivity index (χ1n) is 10.8. The van der Waals surface area contributed by atoms with E-state index in [0.29, 0.717) is 32.6 Å². The number of amides is 1. The molecule has 1 saturated heterocycles. The van der Waals surface area contributed by atoms with Gasteiger partial charge in [-0.25, -0.2) is 9.37 Å². The lowest BCUT2D eigenvalue weighted by Crippen LogP contribution is -2.49. The number of carbonyl (C=O) groups excluding carboxylic acids is 1. The van der Waals surface area contributed by atoms with Crippen molar-refractivity contribution in [3.05, 3.63) is 46.2 Å². The van der Waals surface area contributed by atoms with E-state index in [-0.39, 0.29) is 11.7 Å². The Balaban J connectivity index is 1.38. The third-order valence-electron chi connectivity index (χ3n) is 5.06. The normalized spacial score (nSPS) is 14.6. The molecule has 0 radical (unpaired) electrons. The number of hydrogen-bond acceptors (Lipinski definition) is 5. The number of rotatable bonds is 8. The first-order chi connectivity index (χ1) is 15.0. The van der Waals surface area contributed by atoms with E-state index in [1.165, 1.54) is 17.0 Å². The molecule has 1 aromatic heterocycles. The van der Waals surface area contributed by atoms with E-state index in [1.54, 1.807) is 23.5 Å². The quantitative estimate of drug-likeness (QED) is 0.481. The molecule has 1 aliphatic rings. The Kier molecular flexibility index (Phi) is 8.63. The molecular formula is C22H31FN6OS. The average Bonchev–Trinajstić information content (AvgIpc) is 3.19. The van der Waals surface area contributed by atoms with Gasteiger partial charge >= 0.3 is 0 Å². The molecule has 0 bridgehead atoms. The third kappa shape index (κ3) is 7.20. The number of hydrogen-bond donors (Lipinski definition) is 2. The van der Waals surface area contributed by atoms with Crippen LogP contribution in [0.15, 0.2) is 35.5 Å². The van der Waals surface area contributed by atoms with Crippen LogP contribution < -0.4 is 15.5 Å². The van der Waals surface area contributed by atoms with Gasteiger partial charge in [0.25, 0.3) is 0 Å². The summed E-state index contributed by atoms with van der Waals surface area (Å²) < 4.78 is 13.1. The van der Waals surface area contributed by atoms with Crippen LogP contribution in [0.1, 0.15) is 23.2 Å². The van der Waals surface area contributed by atoms with Gasteiger partial charge in [-0.2, -0.15) is 0 Å². The number of aromatic nitrogens is 1. The second-order valence-electron chi connectivity index (χ2n) is 7.40. The van der Waals surface area contributed by atoms with Gasteiger partial charge in [0, 0.05) is 75.4 Å². The van der Waals surface area contributed by atoms with Crippen molar-refractivity contribution in [2.45, 2.75) is 26.7 Å². The van der Waals surface area contributed by atoms with Crippen molar-refractivity contribution in [2.24, 2.45) is 4.99 Å². The van der Waals surface area contributed by atoms with E-state index in [9.17, 15) is 9.18 Å². The molecule has 7 nitrogen and oxygen atoms in total. The molecule has 0 spiro atoms. The molecule has 31 heavy (non-hydrogen) atoms. The van der Waals surface area contributed by atoms with E-state index in [2.05, 4.69) is 32.4 Å². The monoisotopic (exact) mass is 446 g/mol. The minimum atomic E-state index is -0.233. The van der Waals surface area contributed by atoms with E-state index < -0.39 is 0 Å². The molecule has 1 amide bonds. The Bertz CT molecular complexity index is 861. The summed E-state index contributed by atoms with van der Waals surface area (Å²) in [4.78, 5) is 26.8. The molecule has 0 saturated carbocycles. The molecule has 168 valence electrons. The maximum absolute atomic E-state index is 13.1. The summed E-state index contributed by atoms with van der Waals surface area (Å²) >= 11 is 1.70. The summed E-state index contributed by atoms with van der Waals surface area (Å²) in [5.41, 5.74) is 0.995. The van der Waals surface area contributed by atoms with Crippen molar-refractivity contribution >= 4 is 28.9 Å². The van der Waals surface area contributed by atoms with Crippen LogP contribution in [0, 0.1) is 12.7 Å². The second-order valence-corrected chi connectivity index (χ2v) is 8.72. The van der Waals surface area contributed by atoms with Crippen molar-refractivity contribution in [3.63, 3.8) is 0 Å². The van der Waals surface area contributed by atoms with Gasteiger partial charge in [0.05, 0.1) is 5.01 Å². The average molecular weight is 447 g/mol. The highest BCUT2D eigenvalue weighted by atomic mass is 32.1. The van der Waals surface area contributed by atoms with Gasteiger partial charge in [0.2, 0.25) is 5.91 Å². The number of piperazine rings is 1.